The molecular formula is C20H19NO6. The zero-order valence-electron chi connectivity index (χ0n) is 14.7. The summed E-state index contributed by atoms with van der Waals surface area (Å²) >= 11 is 0. The average Bonchev–Trinajstić information content (AvgIpc) is 2.66. The van der Waals surface area contributed by atoms with E-state index in [0.717, 1.165) is 28.1 Å². The second-order valence-electron chi connectivity index (χ2n) is 5.40. The normalized spacial score (nSPS) is 9.81. The number of ether oxygens (including phenoxy) is 2. The zero-order valence-corrected chi connectivity index (χ0v) is 14.7. The van der Waals surface area contributed by atoms with Gasteiger partial charge >= 0.3 is 11.9 Å². The van der Waals surface area contributed by atoms with E-state index in [2.05, 4.69) is 11.1 Å². The second-order valence-corrected chi connectivity index (χ2v) is 5.40. The Hall–Kier alpha value is -3.61. The van der Waals surface area contributed by atoms with Crippen LogP contribution < -0.4 is 9.47 Å². The van der Waals surface area contributed by atoms with Gasteiger partial charge in [0.2, 0.25) is 0 Å². The number of rotatable bonds is 5. The largest absolute Gasteiger partial charge is 0.490 e. The monoisotopic (exact) mass is 369 g/mol. The summed E-state index contributed by atoms with van der Waals surface area (Å²) in [5, 5.41) is 15.9. The zero-order chi connectivity index (χ0) is 19.6. The summed E-state index contributed by atoms with van der Waals surface area (Å²) in [4.78, 5) is 22.7. The maximum atomic E-state index is 9.10. The van der Waals surface area contributed by atoms with Gasteiger partial charge < -0.3 is 19.7 Å². The summed E-state index contributed by atoms with van der Waals surface area (Å²) in [5.74, 6) is -1.99. The Balaban J connectivity index is 0.000000380. The molecule has 0 amide bonds. The van der Waals surface area contributed by atoms with E-state index in [1.165, 1.54) is 0 Å². The van der Waals surface area contributed by atoms with Crippen LogP contribution in [-0.4, -0.2) is 40.3 Å². The third-order valence-electron chi connectivity index (χ3n) is 3.36. The molecule has 0 bridgehead atoms. The van der Waals surface area contributed by atoms with Gasteiger partial charge in [0.25, 0.3) is 0 Å². The van der Waals surface area contributed by atoms with Crippen molar-refractivity contribution in [2.24, 2.45) is 0 Å². The number of benzene rings is 2. The lowest BCUT2D eigenvalue weighted by Gasteiger charge is -2.10. The van der Waals surface area contributed by atoms with Crippen molar-refractivity contribution in [2.75, 3.05) is 13.2 Å². The van der Waals surface area contributed by atoms with E-state index in [4.69, 9.17) is 29.3 Å². The van der Waals surface area contributed by atoms with E-state index in [9.17, 15) is 0 Å². The molecule has 0 aliphatic rings. The first kappa shape index (κ1) is 19.7. The molecular weight excluding hydrogens is 350 g/mol. The fraction of sp³-hybridized carbons (Fsp3) is 0.150. The Morgan fingerprint density at radius 2 is 1.52 bits per heavy atom. The first-order valence-electron chi connectivity index (χ1n) is 8.10. The van der Waals surface area contributed by atoms with Crippen molar-refractivity contribution in [3.63, 3.8) is 0 Å². The number of carboxylic acid groups (broad SMARTS) is 2. The summed E-state index contributed by atoms with van der Waals surface area (Å²) in [6.45, 7) is 2.98. The van der Waals surface area contributed by atoms with Gasteiger partial charge in [-0.2, -0.15) is 0 Å². The predicted molar refractivity (Wildman–Crippen MR) is 99.2 cm³/mol. The summed E-state index contributed by atoms with van der Waals surface area (Å²) < 4.78 is 11.4. The van der Waals surface area contributed by atoms with Crippen LogP contribution in [0.4, 0.5) is 0 Å². The number of pyridine rings is 1. The predicted octanol–water partition coefficient (Wildman–Crippen LogP) is 3.16. The van der Waals surface area contributed by atoms with E-state index < -0.39 is 11.9 Å². The van der Waals surface area contributed by atoms with E-state index in [0.29, 0.717) is 13.2 Å². The fourth-order valence-corrected chi connectivity index (χ4v) is 2.16. The van der Waals surface area contributed by atoms with Crippen molar-refractivity contribution in [2.45, 2.75) is 6.92 Å². The van der Waals surface area contributed by atoms with Crippen molar-refractivity contribution in [3.05, 3.63) is 66.4 Å². The molecule has 0 radical (unpaired) electrons. The maximum absolute atomic E-state index is 9.10. The van der Waals surface area contributed by atoms with Crippen LogP contribution in [-0.2, 0) is 9.59 Å². The fourth-order valence-electron chi connectivity index (χ4n) is 2.16. The highest BCUT2D eigenvalue weighted by Gasteiger charge is 2.04. The number of carboxylic acids is 2. The molecule has 7 nitrogen and oxygen atoms in total. The smallest absolute Gasteiger partial charge is 0.414 e. The molecule has 0 spiro atoms. The Labute approximate surface area is 155 Å². The van der Waals surface area contributed by atoms with E-state index in [-0.39, 0.29) is 0 Å². The number of carbonyl (C=O) groups is 2. The third kappa shape index (κ3) is 6.32. The molecule has 7 heteroatoms. The van der Waals surface area contributed by atoms with Crippen molar-refractivity contribution < 1.29 is 29.3 Å². The van der Waals surface area contributed by atoms with E-state index in [1.54, 1.807) is 0 Å². The standard InChI is InChI=1S/C18H17NO2.C2H2O4/c1-14-10-11-15-6-5-9-17(18(15)19-14)21-13-12-20-16-7-3-2-4-8-16;3-1(4)2(5)6/h2-11H,12-13H2,1H3;(H,3,4)(H,5,6). The van der Waals surface area contributed by atoms with E-state index in [1.807, 2.05) is 61.5 Å². The molecule has 0 aliphatic carbocycles. The Kier molecular flexibility index (Phi) is 7.13. The van der Waals surface area contributed by atoms with Crippen LogP contribution in [0, 0.1) is 6.92 Å². The number of fused-ring (bicyclic) bond motifs is 1. The Bertz CT molecular complexity index is 899. The van der Waals surface area contributed by atoms with Crippen LogP contribution in [0.3, 0.4) is 0 Å². The first-order valence-corrected chi connectivity index (χ1v) is 8.10. The quantitative estimate of drug-likeness (QED) is 0.525. The van der Waals surface area contributed by atoms with Crippen LogP contribution in [0.1, 0.15) is 5.69 Å². The SMILES string of the molecule is Cc1ccc2cccc(OCCOc3ccccc3)c2n1.O=C(O)C(=O)O. The van der Waals surface area contributed by atoms with Gasteiger partial charge in [-0.15, -0.1) is 0 Å². The molecule has 0 saturated heterocycles. The molecule has 0 atom stereocenters. The number of para-hydroxylation sites is 2. The molecule has 2 N–H and O–H groups in total. The highest BCUT2D eigenvalue weighted by molar-refractivity contribution is 6.27. The third-order valence-corrected chi connectivity index (χ3v) is 3.36. The molecule has 140 valence electrons. The van der Waals surface area contributed by atoms with Gasteiger partial charge in [0.05, 0.1) is 0 Å². The van der Waals surface area contributed by atoms with Gasteiger partial charge in [-0.3, -0.25) is 0 Å². The number of aryl methyl sites for hydroxylation is 1. The lowest BCUT2D eigenvalue weighted by Crippen LogP contribution is -2.09. The number of aromatic nitrogens is 1. The average molecular weight is 369 g/mol. The van der Waals surface area contributed by atoms with Crippen LogP contribution in [0.15, 0.2) is 60.7 Å². The highest BCUT2D eigenvalue weighted by atomic mass is 16.5. The lowest BCUT2D eigenvalue weighted by atomic mass is 10.2. The lowest BCUT2D eigenvalue weighted by molar-refractivity contribution is -0.159. The van der Waals surface area contributed by atoms with Gasteiger partial charge in [0.15, 0.2) is 0 Å². The Morgan fingerprint density at radius 3 is 2.19 bits per heavy atom. The Morgan fingerprint density at radius 1 is 0.852 bits per heavy atom. The molecule has 0 fully saturated rings. The summed E-state index contributed by atoms with van der Waals surface area (Å²) in [7, 11) is 0. The second kappa shape index (κ2) is 9.76. The van der Waals surface area contributed by atoms with Crippen molar-refractivity contribution >= 4 is 22.8 Å². The molecule has 27 heavy (non-hydrogen) atoms. The maximum Gasteiger partial charge on any atom is 0.414 e. The first-order chi connectivity index (χ1) is 13.0. The van der Waals surface area contributed by atoms with Crippen molar-refractivity contribution in [1.82, 2.24) is 4.98 Å². The molecule has 0 aliphatic heterocycles. The molecule has 3 rings (SSSR count). The summed E-state index contributed by atoms with van der Waals surface area (Å²) in [6.07, 6.45) is 0. The van der Waals surface area contributed by atoms with Gasteiger partial charge in [0, 0.05) is 11.1 Å². The molecule has 0 unspecified atom stereocenters. The summed E-state index contributed by atoms with van der Waals surface area (Å²) in [6, 6.07) is 19.8. The molecule has 1 heterocycles. The van der Waals surface area contributed by atoms with Crippen molar-refractivity contribution in [1.29, 1.82) is 0 Å². The van der Waals surface area contributed by atoms with Gasteiger partial charge in [-0.1, -0.05) is 36.4 Å². The minimum absolute atomic E-state index is 0.490. The molecule has 0 saturated carbocycles. The number of nitrogens with zero attached hydrogens (tertiary/aromatic N) is 1. The molecule has 3 aromatic rings. The van der Waals surface area contributed by atoms with Crippen molar-refractivity contribution in [3.8, 4) is 11.5 Å². The molecule has 2 aromatic carbocycles. The minimum Gasteiger partial charge on any atom is -0.490 e. The summed E-state index contributed by atoms with van der Waals surface area (Å²) in [5.41, 5.74) is 1.89. The van der Waals surface area contributed by atoms with Crippen LogP contribution >= 0.6 is 0 Å². The number of aliphatic carboxylic acids is 2. The van der Waals surface area contributed by atoms with Gasteiger partial charge in [0.1, 0.15) is 30.2 Å². The van der Waals surface area contributed by atoms with Crippen LogP contribution in [0.25, 0.3) is 10.9 Å². The van der Waals surface area contributed by atoms with E-state index >= 15 is 0 Å². The van der Waals surface area contributed by atoms with Gasteiger partial charge in [-0.25, -0.2) is 14.6 Å². The highest BCUT2D eigenvalue weighted by Crippen LogP contribution is 2.23. The minimum atomic E-state index is -1.82. The topological polar surface area (TPSA) is 106 Å². The number of hydrogen-bond acceptors (Lipinski definition) is 5. The van der Waals surface area contributed by atoms with Crippen LogP contribution in [0.2, 0.25) is 0 Å². The molecule has 1 aromatic heterocycles. The van der Waals surface area contributed by atoms with Crippen LogP contribution in [0.5, 0.6) is 11.5 Å². The number of hydrogen-bond donors (Lipinski definition) is 2. The van der Waals surface area contributed by atoms with Gasteiger partial charge in [-0.05, 0) is 31.2 Å².